The molecule has 0 fully saturated rings. The Labute approximate surface area is 126 Å². The van der Waals surface area contributed by atoms with E-state index in [1.165, 1.54) is 17.8 Å². The van der Waals surface area contributed by atoms with E-state index >= 15 is 0 Å². The maximum absolute atomic E-state index is 12.0. The number of carbonyl (C=O) groups excluding carboxylic acids is 1. The molecule has 6 nitrogen and oxygen atoms in total. The minimum absolute atomic E-state index is 0.185. The van der Waals surface area contributed by atoms with Gasteiger partial charge in [0.2, 0.25) is 0 Å². The second kappa shape index (κ2) is 6.45. The molecule has 1 heterocycles. The van der Waals surface area contributed by atoms with Gasteiger partial charge in [0.25, 0.3) is 11.5 Å². The van der Waals surface area contributed by atoms with Crippen molar-refractivity contribution in [3.63, 3.8) is 0 Å². The summed E-state index contributed by atoms with van der Waals surface area (Å²) in [5.74, 6) is -0.185. The first-order valence-corrected chi connectivity index (χ1v) is 7.24. The Morgan fingerprint density at radius 3 is 2.86 bits per heavy atom. The molecule has 2 aromatic rings. The second-order valence-corrected chi connectivity index (χ2v) is 5.44. The number of aromatic amines is 1. The smallest absolute Gasteiger partial charge is 0.252 e. The predicted molar refractivity (Wildman–Crippen MR) is 82.6 cm³/mol. The summed E-state index contributed by atoms with van der Waals surface area (Å²) in [5.41, 5.74) is 7.21. The van der Waals surface area contributed by atoms with E-state index in [2.05, 4.69) is 15.3 Å². The summed E-state index contributed by atoms with van der Waals surface area (Å²) >= 11 is 1.20. The fraction of sp³-hybridized carbons (Fsp3) is 0.214. The molecular formula is C14H16N4O2S. The normalized spacial score (nSPS) is 10.4. The van der Waals surface area contributed by atoms with Crippen LogP contribution in [-0.4, -0.2) is 22.4 Å². The first-order chi connectivity index (χ1) is 9.99. The van der Waals surface area contributed by atoms with Crippen molar-refractivity contribution in [2.45, 2.75) is 23.9 Å². The van der Waals surface area contributed by atoms with Crippen LogP contribution in [0.3, 0.4) is 0 Å². The summed E-state index contributed by atoms with van der Waals surface area (Å²) in [4.78, 5) is 31.0. The molecule has 0 spiro atoms. The van der Waals surface area contributed by atoms with Crippen molar-refractivity contribution < 1.29 is 4.79 Å². The van der Waals surface area contributed by atoms with Crippen LogP contribution in [0, 0.1) is 6.92 Å². The van der Waals surface area contributed by atoms with Gasteiger partial charge in [0.05, 0.1) is 5.56 Å². The molecular weight excluding hydrogens is 288 g/mol. The SMILES string of the molecule is CCNC(=O)c1ccc(N)cc1Sc1nc(C)cc(=O)[nH]1. The van der Waals surface area contributed by atoms with Crippen LogP contribution in [0.25, 0.3) is 0 Å². The number of hydrogen-bond donors (Lipinski definition) is 3. The molecule has 0 aliphatic heterocycles. The fourth-order valence-corrected chi connectivity index (χ4v) is 2.79. The molecule has 0 aliphatic rings. The lowest BCUT2D eigenvalue weighted by atomic mass is 10.2. The molecule has 1 amide bonds. The number of nitrogen functional groups attached to an aromatic ring is 1. The van der Waals surface area contributed by atoms with E-state index in [1.54, 1.807) is 25.1 Å². The number of amides is 1. The molecule has 4 N–H and O–H groups in total. The van der Waals surface area contributed by atoms with Gasteiger partial charge >= 0.3 is 0 Å². The van der Waals surface area contributed by atoms with Crippen molar-refractivity contribution >= 4 is 23.4 Å². The van der Waals surface area contributed by atoms with Crippen LogP contribution in [0.15, 0.2) is 39.1 Å². The molecule has 2 rings (SSSR count). The van der Waals surface area contributed by atoms with Crippen LogP contribution < -0.4 is 16.6 Å². The van der Waals surface area contributed by atoms with Gasteiger partial charge in [0, 0.05) is 28.9 Å². The zero-order valence-electron chi connectivity index (χ0n) is 11.8. The Balaban J connectivity index is 2.40. The highest BCUT2D eigenvalue weighted by Crippen LogP contribution is 2.29. The molecule has 0 aliphatic carbocycles. The van der Waals surface area contributed by atoms with Crippen molar-refractivity contribution in [3.8, 4) is 0 Å². The zero-order chi connectivity index (χ0) is 15.4. The van der Waals surface area contributed by atoms with Gasteiger partial charge in [-0.25, -0.2) is 4.98 Å². The van der Waals surface area contributed by atoms with Gasteiger partial charge in [-0.3, -0.25) is 9.59 Å². The molecule has 21 heavy (non-hydrogen) atoms. The monoisotopic (exact) mass is 304 g/mol. The highest BCUT2D eigenvalue weighted by molar-refractivity contribution is 7.99. The summed E-state index contributed by atoms with van der Waals surface area (Å²) in [6, 6.07) is 6.43. The fourth-order valence-electron chi connectivity index (χ4n) is 1.77. The number of carbonyl (C=O) groups is 1. The Morgan fingerprint density at radius 2 is 2.19 bits per heavy atom. The van der Waals surface area contributed by atoms with E-state index in [-0.39, 0.29) is 11.5 Å². The number of rotatable bonds is 4. The van der Waals surface area contributed by atoms with Gasteiger partial charge in [-0.15, -0.1) is 0 Å². The average molecular weight is 304 g/mol. The average Bonchev–Trinajstić information content (AvgIpc) is 2.37. The van der Waals surface area contributed by atoms with Crippen LogP contribution in [0.5, 0.6) is 0 Å². The van der Waals surface area contributed by atoms with Gasteiger partial charge in [-0.05, 0) is 32.0 Å². The van der Waals surface area contributed by atoms with E-state index < -0.39 is 0 Å². The number of nitrogens with two attached hydrogens (primary N) is 1. The van der Waals surface area contributed by atoms with Crippen molar-refractivity contribution in [1.29, 1.82) is 0 Å². The van der Waals surface area contributed by atoms with Crippen molar-refractivity contribution in [2.24, 2.45) is 0 Å². The van der Waals surface area contributed by atoms with Gasteiger partial charge in [-0.2, -0.15) is 0 Å². The second-order valence-electron chi connectivity index (χ2n) is 4.41. The maximum Gasteiger partial charge on any atom is 0.252 e. The first kappa shape index (κ1) is 15.1. The molecule has 7 heteroatoms. The number of benzene rings is 1. The van der Waals surface area contributed by atoms with Gasteiger partial charge < -0.3 is 16.0 Å². The topological polar surface area (TPSA) is 101 Å². The summed E-state index contributed by atoms with van der Waals surface area (Å²) < 4.78 is 0. The van der Waals surface area contributed by atoms with E-state index in [0.717, 1.165) is 0 Å². The van der Waals surface area contributed by atoms with Crippen molar-refractivity contribution in [3.05, 3.63) is 45.9 Å². The number of H-pyrrole nitrogens is 1. The third-order valence-electron chi connectivity index (χ3n) is 2.64. The lowest BCUT2D eigenvalue weighted by Crippen LogP contribution is -2.23. The third kappa shape index (κ3) is 3.85. The molecule has 110 valence electrons. The van der Waals surface area contributed by atoms with E-state index in [4.69, 9.17) is 5.73 Å². The number of hydrogen-bond acceptors (Lipinski definition) is 5. The van der Waals surface area contributed by atoms with Gasteiger partial charge in [0.1, 0.15) is 0 Å². The van der Waals surface area contributed by atoms with Gasteiger partial charge in [-0.1, -0.05) is 11.8 Å². The largest absolute Gasteiger partial charge is 0.399 e. The van der Waals surface area contributed by atoms with Crippen LogP contribution in [0.2, 0.25) is 0 Å². The standard InChI is InChI=1S/C14H16N4O2S/c1-3-16-13(20)10-5-4-9(15)7-11(10)21-14-17-8(2)6-12(19)18-14/h4-7H,3,15H2,1-2H3,(H,16,20)(H,17,18,19). The number of nitrogens with one attached hydrogen (secondary N) is 2. The van der Waals surface area contributed by atoms with E-state index in [9.17, 15) is 9.59 Å². The molecule has 1 aromatic heterocycles. The predicted octanol–water partition coefficient (Wildman–Crippen LogP) is 1.56. The number of anilines is 1. The number of nitrogens with zero attached hydrogens (tertiary/aromatic N) is 1. The van der Waals surface area contributed by atoms with Crippen LogP contribution in [-0.2, 0) is 0 Å². The summed E-state index contributed by atoms with van der Waals surface area (Å²) in [7, 11) is 0. The van der Waals surface area contributed by atoms with Crippen LogP contribution in [0.1, 0.15) is 23.0 Å². The molecule has 0 saturated carbocycles. The summed E-state index contributed by atoms with van der Waals surface area (Å²) in [5, 5.41) is 3.17. The quantitative estimate of drug-likeness (QED) is 0.588. The maximum atomic E-state index is 12.0. The van der Waals surface area contributed by atoms with Crippen molar-refractivity contribution in [2.75, 3.05) is 12.3 Å². The Morgan fingerprint density at radius 1 is 1.43 bits per heavy atom. The molecule has 0 unspecified atom stereocenters. The molecule has 1 aromatic carbocycles. The van der Waals surface area contributed by atoms with E-state index in [1.807, 2.05) is 6.92 Å². The Bertz CT molecular complexity index is 727. The minimum atomic E-state index is -0.228. The zero-order valence-corrected chi connectivity index (χ0v) is 12.6. The summed E-state index contributed by atoms with van der Waals surface area (Å²) in [6.45, 7) is 4.12. The van der Waals surface area contributed by atoms with Crippen molar-refractivity contribution in [1.82, 2.24) is 15.3 Å². The van der Waals surface area contributed by atoms with Crippen LogP contribution >= 0.6 is 11.8 Å². The molecule has 0 atom stereocenters. The summed E-state index contributed by atoms with van der Waals surface area (Å²) in [6.07, 6.45) is 0. The Hall–Kier alpha value is -2.28. The lowest BCUT2D eigenvalue weighted by molar-refractivity contribution is 0.0953. The molecule has 0 bridgehead atoms. The Kier molecular flexibility index (Phi) is 4.64. The molecule has 0 saturated heterocycles. The van der Waals surface area contributed by atoms with E-state index in [0.29, 0.717) is 33.5 Å². The van der Waals surface area contributed by atoms with Gasteiger partial charge in [0.15, 0.2) is 5.16 Å². The molecule has 0 radical (unpaired) electrons. The van der Waals surface area contributed by atoms with Crippen LogP contribution in [0.4, 0.5) is 5.69 Å². The highest BCUT2D eigenvalue weighted by Gasteiger charge is 2.13. The minimum Gasteiger partial charge on any atom is -0.399 e. The highest BCUT2D eigenvalue weighted by atomic mass is 32.2. The lowest BCUT2D eigenvalue weighted by Gasteiger charge is -2.09. The number of aromatic nitrogens is 2. The number of aryl methyl sites for hydroxylation is 1. The third-order valence-corrected chi connectivity index (χ3v) is 3.59. The first-order valence-electron chi connectivity index (χ1n) is 6.43.